The predicted octanol–water partition coefficient (Wildman–Crippen LogP) is 3.39. The van der Waals surface area contributed by atoms with Gasteiger partial charge in [-0.05, 0) is 37.9 Å². The summed E-state index contributed by atoms with van der Waals surface area (Å²) in [6.45, 7) is 7.44. The Hall–Kier alpha value is -0.380. The van der Waals surface area contributed by atoms with Crippen molar-refractivity contribution in [2.75, 3.05) is 19.7 Å². The lowest BCUT2D eigenvalue weighted by Crippen LogP contribution is -2.31. The molecule has 1 aromatic rings. The van der Waals surface area contributed by atoms with E-state index in [-0.39, 0.29) is 0 Å². The SMILES string of the molecule is CCNCC1CCCOC1c1ccc(CC)s1. The summed E-state index contributed by atoms with van der Waals surface area (Å²) in [6, 6.07) is 4.51. The summed E-state index contributed by atoms with van der Waals surface area (Å²) >= 11 is 1.92. The number of aryl methyl sites for hydroxylation is 1. The Morgan fingerprint density at radius 2 is 2.29 bits per heavy atom. The van der Waals surface area contributed by atoms with Gasteiger partial charge in [-0.25, -0.2) is 0 Å². The van der Waals surface area contributed by atoms with Crippen LogP contribution in [0.3, 0.4) is 0 Å². The van der Waals surface area contributed by atoms with Gasteiger partial charge in [-0.2, -0.15) is 0 Å². The van der Waals surface area contributed by atoms with E-state index in [0.29, 0.717) is 12.0 Å². The average molecular weight is 253 g/mol. The second kappa shape index (κ2) is 6.53. The van der Waals surface area contributed by atoms with Crippen LogP contribution in [0, 0.1) is 5.92 Å². The standard InChI is InChI=1S/C14H23NOS/c1-3-12-7-8-13(17-12)14-11(10-15-4-2)6-5-9-16-14/h7-8,11,14-15H,3-6,9-10H2,1-2H3. The molecule has 0 saturated carbocycles. The highest BCUT2D eigenvalue weighted by molar-refractivity contribution is 7.12. The molecule has 2 heterocycles. The Morgan fingerprint density at radius 1 is 1.41 bits per heavy atom. The molecule has 1 N–H and O–H groups in total. The van der Waals surface area contributed by atoms with Crippen molar-refractivity contribution in [1.29, 1.82) is 0 Å². The topological polar surface area (TPSA) is 21.3 Å². The van der Waals surface area contributed by atoms with Crippen molar-refractivity contribution in [3.05, 3.63) is 21.9 Å². The smallest absolute Gasteiger partial charge is 0.0956 e. The highest BCUT2D eigenvalue weighted by Crippen LogP contribution is 2.36. The van der Waals surface area contributed by atoms with Crippen LogP contribution >= 0.6 is 11.3 Å². The van der Waals surface area contributed by atoms with Crippen molar-refractivity contribution in [3.8, 4) is 0 Å². The highest BCUT2D eigenvalue weighted by Gasteiger charge is 2.28. The number of thiophene rings is 1. The van der Waals surface area contributed by atoms with E-state index in [4.69, 9.17) is 4.74 Å². The van der Waals surface area contributed by atoms with Crippen molar-refractivity contribution in [2.45, 2.75) is 39.2 Å². The third-order valence-corrected chi connectivity index (χ3v) is 4.70. The third kappa shape index (κ3) is 3.30. The largest absolute Gasteiger partial charge is 0.372 e. The monoisotopic (exact) mass is 253 g/mol. The highest BCUT2D eigenvalue weighted by atomic mass is 32.1. The van der Waals surface area contributed by atoms with Crippen molar-refractivity contribution in [3.63, 3.8) is 0 Å². The summed E-state index contributed by atoms with van der Waals surface area (Å²) in [5, 5.41) is 3.46. The van der Waals surface area contributed by atoms with Gasteiger partial charge in [-0.3, -0.25) is 0 Å². The summed E-state index contributed by atoms with van der Waals surface area (Å²) in [5.41, 5.74) is 0. The zero-order chi connectivity index (χ0) is 12.1. The van der Waals surface area contributed by atoms with E-state index in [1.807, 2.05) is 11.3 Å². The van der Waals surface area contributed by atoms with Gasteiger partial charge in [-0.15, -0.1) is 11.3 Å². The van der Waals surface area contributed by atoms with E-state index >= 15 is 0 Å². The molecule has 0 aromatic carbocycles. The maximum Gasteiger partial charge on any atom is 0.0956 e. The minimum absolute atomic E-state index is 0.327. The lowest BCUT2D eigenvalue weighted by atomic mass is 9.93. The fraction of sp³-hybridized carbons (Fsp3) is 0.714. The maximum atomic E-state index is 6.00. The fourth-order valence-corrected chi connectivity index (χ4v) is 3.53. The lowest BCUT2D eigenvalue weighted by Gasteiger charge is -2.31. The van der Waals surface area contributed by atoms with Crippen molar-refractivity contribution in [2.24, 2.45) is 5.92 Å². The van der Waals surface area contributed by atoms with Crippen LogP contribution in [0.15, 0.2) is 12.1 Å². The summed E-state index contributed by atoms with van der Waals surface area (Å²) in [6.07, 6.45) is 3.96. The molecule has 1 aliphatic rings. The van der Waals surface area contributed by atoms with Crippen LogP contribution in [-0.4, -0.2) is 19.7 Å². The maximum absolute atomic E-state index is 6.00. The Morgan fingerprint density at radius 3 is 3.00 bits per heavy atom. The Labute approximate surface area is 108 Å². The fourth-order valence-electron chi connectivity index (χ4n) is 2.43. The van der Waals surface area contributed by atoms with Crippen LogP contribution in [0.5, 0.6) is 0 Å². The molecule has 1 aromatic heterocycles. The number of rotatable bonds is 5. The van der Waals surface area contributed by atoms with Crippen LogP contribution in [0.1, 0.15) is 42.5 Å². The van der Waals surface area contributed by atoms with E-state index in [2.05, 4.69) is 31.3 Å². The molecule has 2 nitrogen and oxygen atoms in total. The molecular formula is C14H23NOS. The normalized spacial score (nSPS) is 25.1. The van der Waals surface area contributed by atoms with Crippen LogP contribution in [0.2, 0.25) is 0 Å². The minimum Gasteiger partial charge on any atom is -0.372 e. The minimum atomic E-state index is 0.327. The second-order valence-electron chi connectivity index (χ2n) is 4.66. The molecule has 3 heteroatoms. The van der Waals surface area contributed by atoms with E-state index in [1.54, 1.807) is 0 Å². The summed E-state index contributed by atoms with van der Waals surface area (Å²) in [7, 11) is 0. The van der Waals surface area contributed by atoms with Crippen LogP contribution in [0.4, 0.5) is 0 Å². The van der Waals surface area contributed by atoms with Gasteiger partial charge < -0.3 is 10.1 Å². The number of hydrogen-bond acceptors (Lipinski definition) is 3. The molecule has 1 aliphatic heterocycles. The van der Waals surface area contributed by atoms with Gasteiger partial charge in [-0.1, -0.05) is 13.8 Å². The van der Waals surface area contributed by atoms with E-state index in [1.165, 1.54) is 22.6 Å². The molecule has 0 bridgehead atoms. The van der Waals surface area contributed by atoms with Gasteiger partial charge in [0.05, 0.1) is 6.10 Å². The molecule has 0 radical (unpaired) electrons. The first-order valence-electron chi connectivity index (χ1n) is 6.76. The lowest BCUT2D eigenvalue weighted by molar-refractivity contribution is -0.0254. The first-order valence-corrected chi connectivity index (χ1v) is 7.57. The second-order valence-corrected chi connectivity index (χ2v) is 5.86. The molecule has 2 unspecified atom stereocenters. The predicted molar refractivity (Wildman–Crippen MR) is 73.7 cm³/mol. The van der Waals surface area contributed by atoms with Gasteiger partial charge in [0.1, 0.15) is 0 Å². The number of ether oxygens (including phenoxy) is 1. The van der Waals surface area contributed by atoms with E-state index < -0.39 is 0 Å². The molecular weight excluding hydrogens is 230 g/mol. The van der Waals surface area contributed by atoms with E-state index in [9.17, 15) is 0 Å². The zero-order valence-corrected chi connectivity index (χ0v) is 11.7. The van der Waals surface area contributed by atoms with Gasteiger partial charge in [0.25, 0.3) is 0 Å². The Kier molecular flexibility index (Phi) is 5.01. The number of hydrogen-bond donors (Lipinski definition) is 1. The molecule has 2 atom stereocenters. The molecule has 1 saturated heterocycles. The molecule has 17 heavy (non-hydrogen) atoms. The van der Waals surface area contributed by atoms with Crippen molar-refractivity contribution < 1.29 is 4.74 Å². The first kappa shape index (κ1) is 13.1. The van der Waals surface area contributed by atoms with Crippen LogP contribution in [0.25, 0.3) is 0 Å². The van der Waals surface area contributed by atoms with Crippen LogP contribution in [-0.2, 0) is 11.2 Å². The molecule has 0 aliphatic carbocycles. The number of nitrogens with one attached hydrogen (secondary N) is 1. The summed E-state index contributed by atoms with van der Waals surface area (Å²) in [5.74, 6) is 0.645. The van der Waals surface area contributed by atoms with Crippen LogP contribution < -0.4 is 5.32 Å². The first-order chi connectivity index (χ1) is 8.35. The quantitative estimate of drug-likeness (QED) is 0.868. The van der Waals surface area contributed by atoms with Crippen molar-refractivity contribution >= 4 is 11.3 Å². The summed E-state index contributed by atoms with van der Waals surface area (Å²) in [4.78, 5) is 2.89. The zero-order valence-electron chi connectivity index (χ0n) is 10.9. The molecule has 1 fully saturated rings. The van der Waals surface area contributed by atoms with Gasteiger partial charge >= 0.3 is 0 Å². The summed E-state index contributed by atoms with van der Waals surface area (Å²) < 4.78 is 6.00. The molecule has 0 spiro atoms. The van der Waals surface area contributed by atoms with E-state index in [0.717, 1.165) is 26.1 Å². The third-order valence-electron chi connectivity index (χ3n) is 3.41. The average Bonchev–Trinajstić information content (AvgIpc) is 2.85. The molecule has 96 valence electrons. The molecule has 0 amide bonds. The van der Waals surface area contributed by atoms with Gasteiger partial charge in [0.15, 0.2) is 0 Å². The Balaban J connectivity index is 2.04. The van der Waals surface area contributed by atoms with Gasteiger partial charge in [0, 0.05) is 28.8 Å². The molecule has 2 rings (SSSR count). The Bertz CT molecular complexity index is 337. The van der Waals surface area contributed by atoms with Crippen molar-refractivity contribution in [1.82, 2.24) is 5.32 Å². The van der Waals surface area contributed by atoms with Gasteiger partial charge in [0.2, 0.25) is 0 Å².